The molecule has 2 aromatic carbocycles. The molecule has 15 heavy (non-hydrogen) atoms. The first kappa shape index (κ1) is 8.86. The van der Waals surface area contributed by atoms with E-state index in [1.165, 1.54) is 6.07 Å². The molecule has 2 heteroatoms. The Bertz CT molecular complexity index is 524. The van der Waals surface area contributed by atoms with E-state index >= 15 is 0 Å². The quantitative estimate of drug-likeness (QED) is 0.754. The molecule has 0 heterocycles. The van der Waals surface area contributed by atoms with Gasteiger partial charge in [-0.1, -0.05) is 30.3 Å². The Labute approximate surface area is 87.7 Å². The molecular weight excluding hydrogens is 189 g/mol. The molecule has 1 fully saturated rings. The minimum Gasteiger partial charge on any atom is -0.321 e. The summed E-state index contributed by atoms with van der Waals surface area (Å²) in [5, 5.41) is 1.63. The van der Waals surface area contributed by atoms with Gasteiger partial charge in [0.05, 0.1) is 0 Å². The fraction of sp³-hybridized carbons (Fsp3) is 0.231. The van der Waals surface area contributed by atoms with Crippen LogP contribution in [0.1, 0.15) is 18.4 Å². The molecule has 0 atom stereocenters. The molecule has 1 aliphatic rings. The molecule has 0 amide bonds. The fourth-order valence-electron chi connectivity index (χ4n) is 2.11. The summed E-state index contributed by atoms with van der Waals surface area (Å²) in [5.74, 6) is -0.167. The first-order valence-electron chi connectivity index (χ1n) is 5.17. The van der Waals surface area contributed by atoms with Crippen LogP contribution in [0.3, 0.4) is 0 Å². The van der Waals surface area contributed by atoms with E-state index in [0.29, 0.717) is 5.39 Å². The molecule has 1 nitrogen and oxygen atoms in total. The second-order valence-electron chi connectivity index (χ2n) is 4.30. The second-order valence-corrected chi connectivity index (χ2v) is 4.30. The van der Waals surface area contributed by atoms with Crippen LogP contribution >= 0.6 is 0 Å². The van der Waals surface area contributed by atoms with E-state index in [1.54, 1.807) is 6.07 Å². The lowest BCUT2D eigenvalue weighted by molar-refractivity contribution is 0.635. The van der Waals surface area contributed by atoms with Crippen LogP contribution in [-0.2, 0) is 5.54 Å². The summed E-state index contributed by atoms with van der Waals surface area (Å²) in [7, 11) is 0. The Hall–Kier alpha value is -1.41. The summed E-state index contributed by atoms with van der Waals surface area (Å²) in [5.41, 5.74) is 6.82. The van der Waals surface area contributed by atoms with Gasteiger partial charge in [0.15, 0.2) is 0 Å². The minimum absolute atomic E-state index is 0.167. The van der Waals surface area contributed by atoms with Crippen LogP contribution in [0, 0.1) is 5.82 Å². The predicted molar refractivity (Wildman–Crippen MR) is 59.0 cm³/mol. The highest BCUT2D eigenvalue weighted by molar-refractivity contribution is 5.87. The third kappa shape index (κ3) is 1.25. The van der Waals surface area contributed by atoms with Crippen LogP contribution in [0.25, 0.3) is 10.8 Å². The number of halogens is 1. The van der Waals surface area contributed by atoms with Gasteiger partial charge < -0.3 is 5.73 Å². The molecular formula is C13H12FN. The molecule has 3 rings (SSSR count). The van der Waals surface area contributed by atoms with Crippen molar-refractivity contribution in [3.05, 3.63) is 47.8 Å². The number of hydrogen-bond acceptors (Lipinski definition) is 1. The monoisotopic (exact) mass is 201 g/mol. The highest BCUT2D eigenvalue weighted by Gasteiger charge is 2.41. The molecule has 2 N–H and O–H groups in total. The number of rotatable bonds is 1. The molecule has 0 unspecified atom stereocenters. The molecule has 0 radical (unpaired) electrons. The van der Waals surface area contributed by atoms with Gasteiger partial charge in [0.25, 0.3) is 0 Å². The lowest BCUT2D eigenvalue weighted by Crippen LogP contribution is -2.19. The fourth-order valence-corrected chi connectivity index (χ4v) is 2.11. The van der Waals surface area contributed by atoms with Crippen LogP contribution in [0.4, 0.5) is 4.39 Å². The van der Waals surface area contributed by atoms with Gasteiger partial charge in [0.2, 0.25) is 0 Å². The molecule has 2 aromatic rings. The molecule has 0 aliphatic heterocycles. The van der Waals surface area contributed by atoms with Gasteiger partial charge in [-0.05, 0) is 29.9 Å². The standard InChI is InChI=1S/C13H12FN/c14-11-6-2-4-9-3-1-5-10(12(9)11)13(15)7-8-13/h1-6H,7-8,15H2. The smallest absolute Gasteiger partial charge is 0.131 e. The first-order chi connectivity index (χ1) is 7.21. The van der Waals surface area contributed by atoms with Gasteiger partial charge >= 0.3 is 0 Å². The van der Waals surface area contributed by atoms with Gasteiger partial charge in [-0.3, -0.25) is 0 Å². The second kappa shape index (κ2) is 2.80. The summed E-state index contributed by atoms with van der Waals surface area (Å²) in [6.07, 6.45) is 1.92. The SMILES string of the molecule is NC1(c2cccc3cccc(F)c23)CC1. The van der Waals surface area contributed by atoms with E-state index in [4.69, 9.17) is 5.73 Å². The summed E-state index contributed by atoms with van der Waals surface area (Å²) < 4.78 is 13.7. The molecule has 0 saturated heterocycles. The molecule has 0 bridgehead atoms. The van der Waals surface area contributed by atoms with Crippen molar-refractivity contribution in [2.45, 2.75) is 18.4 Å². The third-order valence-corrected chi connectivity index (χ3v) is 3.18. The maximum atomic E-state index is 13.7. The number of nitrogens with two attached hydrogens (primary N) is 1. The molecule has 76 valence electrons. The Morgan fingerprint density at radius 2 is 1.73 bits per heavy atom. The Morgan fingerprint density at radius 1 is 1.07 bits per heavy atom. The lowest BCUT2D eigenvalue weighted by atomic mass is 9.97. The van der Waals surface area contributed by atoms with E-state index in [2.05, 4.69) is 0 Å². The van der Waals surface area contributed by atoms with Gasteiger partial charge in [-0.15, -0.1) is 0 Å². The van der Waals surface area contributed by atoms with Crippen molar-refractivity contribution < 1.29 is 4.39 Å². The van der Waals surface area contributed by atoms with Crippen molar-refractivity contribution in [3.63, 3.8) is 0 Å². The van der Waals surface area contributed by atoms with Crippen molar-refractivity contribution in [1.29, 1.82) is 0 Å². The van der Waals surface area contributed by atoms with E-state index < -0.39 is 0 Å². The normalized spacial score (nSPS) is 18.0. The number of hydrogen-bond donors (Lipinski definition) is 1. The van der Waals surface area contributed by atoms with E-state index in [-0.39, 0.29) is 11.4 Å². The molecule has 1 aliphatic carbocycles. The van der Waals surface area contributed by atoms with Crippen LogP contribution in [0.5, 0.6) is 0 Å². The van der Waals surface area contributed by atoms with Gasteiger partial charge in [-0.25, -0.2) is 4.39 Å². The van der Waals surface area contributed by atoms with Crippen molar-refractivity contribution in [1.82, 2.24) is 0 Å². The molecule has 0 aromatic heterocycles. The van der Waals surface area contributed by atoms with E-state index in [9.17, 15) is 4.39 Å². The van der Waals surface area contributed by atoms with Crippen LogP contribution in [-0.4, -0.2) is 0 Å². The van der Waals surface area contributed by atoms with Crippen LogP contribution < -0.4 is 5.73 Å². The third-order valence-electron chi connectivity index (χ3n) is 3.18. The highest BCUT2D eigenvalue weighted by Crippen LogP contribution is 2.45. The zero-order chi connectivity index (χ0) is 10.5. The zero-order valence-corrected chi connectivity index (χ0v) is 8.33. The van der Waals surface area contributed by atoms with Gasteiger partial charge in [-0.2, -0.15) is 0 Å². The first-order valence-corrected chi connectivity index (χ1v) is 5.17. The van der Waals surface area contributed by atoms with Crippen molar-refractivity contribution in [2.24, 2.45) is 5.73 Å². The summed E-state index contributed by atoms with van der Waals surface area (Å²) in [6, 6.07) is 11.0. The largest absolute Gasteiger partial charge is 0.321 e. The number of fused-ring (bicyclic) bond motifs is 1. The van der Waals surface area contributed by atoms with Crippen LogP contribution in [0.15, 0.2) is 36.4 Å². The van der Waals surface area contributed by atoms with E-state index in [1.807, 2.05) is 24.3 Å². The average Bonchev–Trinajstić information content (AvgIpc) is 2.98. The maximum Gasteiger partial charge on any atom is 0.131 e. The minimum atomic E-state index is -0.276. The van der Waals surface area contributed by atoms with Crippen molar-refractivity contribution in [2.75, 3.05) is 0 Å². The number of benzene rings is 2. The van der Waals surface area contributed by atoms with Crippen molar-refractivity contribution >= 4 is 10.8 Å². The average molecular weight is 201 g/mol. The summed E-state index contributed by atoms with van der Waals surface area (Å²) >= 11 is 0. The molecule has 1 saturated carbocycles. The summed E-state index contributed by atoms with van der Waals surface area (Å²) in [6.45, 7) is 0. The zero-order valence-electron chi connectivity index (χ0n) is 8.33. The Kier molecular flexibility index (Phi) is 1.65. The predicted octanol–water partition coefficient (Wildman–Crippen LogP) is 2.93. The van der Waals surface area contributed by atoms with Crippen LogP contribution in [0.2, 0.25) is 0 Å². The highest BCUT2D eigenvalue weighted by atomic mass is 19.1. The van der Waals surface area contributed by atoms with Crippen molar-refractivity contribution in [3.8, 4) is 0 Å². The van der Waals surface area contributed by atoms with Gasteiger partial charge in [0, 0.05) is 10.9 Å². The Balaban J connectivity index is 2.39. The molecule has 0 spiro atoms. The summed E-state index contributed by atoms with van der Waals surface area (Å²) in [4.78, 5) is 0. The topological polar surface area (TPSA) is 26.0 Å². The van der Waals surface area contributed by atoms with Gasteiger partial charge in [0.1, 0.15) is 5.82 Å². The Morgan fingerprint density at radius 3 is 2.40 bits per heavy atom. The van der Waals surface area contributed by atoms with E-state index in [0.717, 1.165) is 23.8 Å². The lowest BCUT2D eigenvalue weighted by Gasteiger charge is -2.13. The maximum absolute atomic E-state index is 13.7.